The summed E-state index contributed by atoms with van der Waals surface area (Å²) in [5.74, 6) is 1.40. The topological polar surface area (TPSA) is 12.5 Å². The zero-order valence-electron chi connectivity index (χ0n) is 9.55. The van der Waals surface area contributed by atoms with E-state index in [9.17, 15) is 0 Å². The molecule has 0 radical (unpaired) electrons. The van der Waals surface area contributed by atoms with Crippen molar-refractivity contribution in [2.24, 2.45) is 0 Å². The Morgan fingerprint density at radius 2 is 2.06 bits per heavy atom. The summed E-state index contributed by atoms with van der Waals surface area (Å²) < 4.78 is 5.31. The molecule has 2 nitrogen and oxygen atoms in total. The molecular weight excluding hydrogens is 198 g/mol. The molecule has 1 heterocycles. The van der Waals surface area contributed by atoms with Crippen LogP contribution in [0.15, 0.2) is 48.3 Å². The van der Waals surface area contributed by atoms with E-state index in [1.54, 1.807) is 7.11 Å². The van der Waals surface area contributed by atoms with Crippen LogP contribution in [0.2, 0.25) is 0 Å². The number of nitrogens with zero attached hydrogens (tertiary/aromatic N) is 1. The minimum atomic E-state index is 0.432. The van der Waals surface area contributed by atoms with Crippen LogP contribution < -0.4 is 4.90 Å². The molecule has 82 valence electrons. The lowest BCUT2D eigenvalue weighted by molar-refractivity contribution is 0.301. The Hall–Kier alpha value is -1.70. The van der Waals surface area contributed by atoms with Gasteiger partial charge in [0.15, 0.2) is 0 Å². The average Bonchev–Trinajstić information content (AvgIpc) is 2.64. The Balaban J connectivity index is 2.09. The maximum absolute atomic E-state index is 5.31. The van der Waals surface area contributed by atoms with E-state index in [4.69, 9.17) is 4.74 Å². The van der Waals surface area contributed by atoms with Crippen LogP contribution in [0.5, 0.6) is 0 Å². The van der Waals surface area contributed by atoms with Gasteiger partial charge in [-0.2, -0.15) is 0 Å². The fourth-order valence-electron chi connectivity index (χ4n) is 2.68. The molecule has 0 N–H and O–H groups in total. The van der Waals surface area contributed by atoms with E-state index in [2.05, 4.69) is 54.4 Å². The van der Waals surface area contributed by atoms with Crippen LogP contribution in [0.4, 0.5) is 5.69 Å². The number of anilines is 1. The van der Waals surface area contributed by atoms with Gasteiger partial charge in [-0.15, -0.1) is 0 Å². The van der Waals surface area contributed by atoms with Crippen LogP contribution >= 0.6 is 0 Å². The van der Waals surface area contributed by atoms with Gasteiger partial charge in [0.2, 0.25) is 0 Å². The number of ether oxygens (including phenoxy) is 1. The average molecular weight is 213 g/mol. The first-order chi connectivity index (χ1) is 7.81. The molecule has 2 atom stereocenters. The summed E-state index contributed by atoms with van der Waals surface area (Å²) in [6, 6.07) is 9.03. The third-order valence-electron chi connectivity index (χ3n) is 3.53. The predicted molar refractivity (Wildman–Crippen MR) is 65.6 cm³/mol. The quantitative estimate of drug-likeness (QED) is 0.711. The van der Waals surface area contributed by atoms with E-state index in [1.807, 2.05) is 0 Å². The van der Waals surface area contributed by atoms with Gasteiger partial charge in [-0.05, 0) is 23.8 Å². The van der Waals surface area contributed by atoms with Gasteiger partial charge in [0.1, 0.15) is 5.76 Å². The van der Waals surface area contributed by atoms with Crippen molar-refractivity contribution < 1.29 is 4.74 Å². The summed E-state index contributed by atoms with van der Waals surface area (Å²) in [5, 5.41) is 0. The smallest absolute Gasteiger partial charge is 0.115 e. The molecule has 0 spiro atoms. The molecule has 2 unspecified atom stereocenters. The molecule has 3 rings (SSSR count). The van der Waals surface area contributed by atoms with E-state index in [-0.39, 0.29) is 0 Å². The first-order valence-electron chi connectivity index (χ1n) is 5.57. The highest BCUT2D eigenvalue weighted by Gasteiger charge is 2.35. The highest BCUT2D eigenvalue weighted by atomic mass is 16.5. The number of benzene rings is 1. The van der Waals surface area contributed by atoms with Crippen LogP contribution in [-0.4, -0.2) is 20.2 Å². The van der Waals surface area contributed by atoms with Crippen molar-refractivity contribution in [3.05, 3.63) is 53.8 Å². The first-order valence-corrected chi connectivity index (χ1v) is 5.57. The molecule has 1 aromatic carbocycles. The zero-order valence-corrected chi connectivity index (χ0v) is 9.55. The standard InChI is InChI=1S/C14H15NO/c1-15-13-6-4-3-5-11(13)12-9-10(16-2)7-8-14(12)15/h3-9,12,14H,1-2H3. The SMILES string of the molecule is COC1=CC2c3ccccc3N(C)C2C=C1. The zero-order chi connectivity index (χ0) is 11.1. The third-order valence-corrected chi connectivity index (χ3v) is 3.53. The lowest BCUT2D eigenvalue weighted by Gasteiger charge is -2.25. The first kappa shape index (κ1) is 9.52. The second-order valence-electron chi connectivity index (χ2n) is 4.32. The third kappa shape index (κ3) is 1.19. The number of allylic oxidation sites excluding steroid dienone is 1. The van der Waals surface area contributed by atoms with E-state index < -0.39 is 0 Å². The normalized spacial score (nSPS) is 26.1. The Labute approximate surface area is 95.8 Å². The number of hydrogen-bond donors (Lipinski definition) is 0. The molecule has 0 saturated carbocycles. The van der Waals surface area contributed by atoms with E-state index in [0.29, 0.717) is 12.0 Å². The minimum Gasteiger partial charge on any atom is -0.497 e. The van der Waals surface area contributed by atoms with Gasteiger partial charge in [0.25, 0.3) is 0 Å². The molecule has 2 heteroatoms. The van der Waals surface area contributed by atoms with Crippen molar-refractivity contribution in [3.8, 4) is 0 Å². The van der Waals surface area contributed by atoms with E-state index in [0.717, 1.165) is 5.76 Å². The Morgan fingerprint density at radius 3 is 2.88 bits per heavy atom. The number of para-hydroxylation sites is 1. The molecular formula is C14H15NO. The molecule has 0 aromatic heterocycles. The largest absolute Gasteiger partial charge is 0.497 e. The highest BCUT2D eigenvalue weighted by molar-refractivity contribution is 5.65. The maximum atomic E-state index is 5.31. The summed E-state index contributed by atoms with van der Waals surface area (Å²) in [6.07, 6.45) is 6.50. The summed E-state index contributed by atoms with van der Waals surface area (Å²) in [5.41, 5.74) is 2.73. The van der Waals surface area contributed by atoms with E-state index >= 15 is 0 Å². The molecule has 1 aliphatic carbocycles. The molecule has 0 bridgehead atoms. The second-order valence-corrected chi connectivity index (χ2v) is 4.32. The van der Waals surface area contributed by atoms with Gasteiger partial charge in [-0.25, -0.2) is 0 Å². The van der Waals surface area contributed by atoms with Gasteiger partial charge in [-0.1, -0.05) is 24.3 Å². The number of fused-ring (bicyclic) bond motifs is 3. The van der Waals surface area contributed by atoms with Crippen molar-refractivity contribution in [3.63, 3.8) is 0 Å². The van der Waals surface area contributed by atoms with Gasteiger partial charge < -0.3 is 9.64 Å². The van der Waals surface area contributed by atoms with Crippen LogP contribution in [-0.2, 0) is 4.74 Å². The van der Waals surface area contributed by atoms with Gasteiger partial charge >= 0.3 is 0 Å². The minimum absolute atomic E-state index is 0.432. The van der Waals surface area contributed by atoms with Crippen molar-refractivity contribution in [2.75, 3.05) is 19.1 Å². The fourth-order valence-corrected chi connectivity index (χ4v) is 2.68. The molecule has 0 fully saturated rings. The van der Waals surface area contributed by atoms with Crippen LogP contribution in [0.25, 0.3) is 0 Å². The van der Waals surface area contributed by atoms with Crippen molar-refractivity contribution >= 4 is 5.69 Å². The predicted octanol–water partition coefficient (Wildman–Crippen LogP) is 2.69. The van der Waals surface area contributed by atoms with Crippen molar-refractivity contribution in [1.29, 1.82) is 0 Å². The number of likely N-dealkylation sites (N-methyl/N-ethyl adjacent to an activating group) is 1. The van der Waals surface area contributed by atoms with Crippen LogP contribution in [0, 0.1) is 0 Å². The lowest BCUT2D eigenvalue weighted by Crippen LogP contribution is -2.29. The van der Waals surface area contributed by atoms with Crippen molar-refractivity contribution in [1.82, 2.24) is 0 Å². The number of hydrogen-bond acceptors (Lipinski definition) is 2. The monoisotopic (exact) mass is 213 g/mol. The molecule has 1 aromatic rings. The second kappa shape index (κ2) is 3.41. The maximum Gasteiger partial charge on any atom is 0.115 e. The molecule has 2 aliphatic rings. The highest BCUT2D eigenvalue weighted by Crippen LogP contribution is 2.43. The summed E-state index contributed by atoms with van der Waals surface area (Å²) >= 11 is 0. The number of methoxy groups -OCH3 is 1. The van der Waals surface area contributed by atoms with Crippen LogP contribution in [0.3, 0.4) is 0 Å². The van der Waals surface area contributed by atoms with E-state index in [1.165, 1.54) is 11.3 Å². The Kier molecular flexibility index (Phi) is 2.03. The summed E-state index contributed by atoms with van der Waals surface area (Å²) in [7, 11) is 3.88. The lowest BCUT2D eigenvalue weighted by atomic mass is 9.91. The summed E-state index contributed by atoms with van der Waals surface area (Å²) in [4.78, 5) is 2.33. The Morgan fingerprint density at radius 1 is 1.25 bits per heavy atom. The molecule has 0 amide bonds. The fraction of sp³-hybridized carbons (Fsp3) is 0.286. The van der Waals surface area contributed by atoms with Crippen molar-refractivity contribution in [2.45, 2.75) is 12.0 Å². The van der Waals surface area contributed by atoms with Crippen LogP contribution in [0.1, 0.15) is 11.5 Å². The number of rotatable bonds is 1. The van der Waals surface area contributed by atoms with Gasteiger partial charge in [0.05, 0.1) is 13.2 Å². The summed E-state index contributed by atoms with van der Waals surface area (Å²) in [6.45, 7) is 0. The van der Waals surface area contributed by atoms with Gasteiger partial charge in [0, 0.05) is 18.7 Å². The molecule has 16 heavy (non-hydrogen) atoms. The molecule has 1 aliphatic heterocycles. The Bertz CT molecular complexity index is 475. The van der Waals surface area contributed by atoms with Gasteiger partial charge in [-0.3, -0.25) is 0 Å². The molecule has 0 saturated heterocycles.